The van der Waals surface area contributed by atoms with E-state index in [0.717, 1.165) is 44.9 Å². The van der Waals surface area contributed by atoms with Gasteiger partial charge in [-0.2, -0.15) is 0 Å². The van der Waals surface area contributed by atoms with Crippen molar-refractivity contribution in [3.8, 4) is 0 Å². The zero-order chi connectivity index (χ0) is 20.0. The van der Waals surface area contributed by atoms with Gasteiger partial charge in [0.25, 0.3) is 0 Å². The largest absolute Gasteiger partial charge is 0.469 e. The lowest BCUT2D eigenvalue weighted by Gasteiger charge is -2.04. The SMILES string of the molecule is CCCCCCCCCCCCCCCC(=O)CCCCCCC(=O)OC. The van der Waals surface area contributed by atoms with Crippen LogP contribution in [-0.2, 0) is 14.3 Å². The molecule has 0 aromatic heterocycles. The maximum Gasteiger partial charge on any atom is 0.305 e. The first kappa shape index (κ1) is 26.1. The molecule has 0 bridgehead atoms. The number of methoxy groups -OCH3 is 1. The molecule has 0 N–H and O–H groups in total. The van der Waals surface area contributed by atoms with E-state index in [9.17, 15) is 9.59 Å². The fourth-order valence-electron chi connectivity index (χ4n) is 3.51. The summed E-state index contributed by atoms with van der Waals surface area (Å²) in [6, 6.07) is 0. The Labute approximate surface area is 169 Å². The average Bonchev–Trinajstić information content (AvgIpc) is 2.67. The summed E-state index contributed by atoms with van der Waals surface area (Å²) in [5.74, 6) is 0.291. The molecule has 0 saturated heterocycles. The van der Waals surface area contributed by atoms with Crippen LogP contribution in [0.3, 0.4) is 0 Å². The first-order valence-electron chi connectivity index (χ1n) is 11.8. The van der Waals surface area contributed by atoms with Gasteiger partial charge < -0.3 is 4.74 Å². The molecule has 0 aliphatic heterocycles. The minimum Gasteiger partial charge on any atom is -0.469 e. The first-order chi connectivity index (χ1) is 13.2. The van der Waals surface area contributed by atoms with Crippen molar-refractivity contribution in [3.63, 3.8) is 0 Å². The molecule has 160 valence electrons. The smallest absolute Gasteiger partial charge is 0.305 e. The third-order valence-electron chi connectivity index (χ3n) is 5.37. The summed E-state index contributed by atoms with van der Waals surface area (Å²) >= 11 is 0. The quantitative estimate of drug-likeness (QED) is 0.152. The van der Waals surface area contributed by atoms with Crippen molar-refractivity contribution in [2.75, 3.05) is 7.11 Å². The van der Waals surface area contributed by atoms with Crippen LogP contribution in [0.1, 0.15) is 135 Å². The number of hydrogen-bond acceptors (Lipinski definition) is 3. The van der Waals surface area contributed by atoms with Gasteiger partial charge in [-0.15, -0.1) is 0 Å². The number of carbonyl (C=O) groups is 2. The molecule has 0 rings (SSSR count). The normalized spacial score (nSPS) is 10.9. The van der Waals surface area contributed by atoms with E-state index in [4.69, 9.17) is 0 Å². The standard InChI is InChI=1S/C24H46O3/c1-3-4-5-6-7-8-9-10-11-12-13-14-17-20-23(25)21-18-15-16-19-22-24(26)27-2/h3-22H2,1-2H3. The summed E-state index contributed by atoms with van der Waals surface area (Å²) in [4.78, 5) is 22.8. The second kappa shape index (κ2) is 21.4. The Balaban J connectivity index is 3.18. The van der Waals surface area contributed by atoms with Gasteiger partial charge in [0.15, 0.2) is 0 Å². The molecule has 0 aromatic carbocycles. The molecule has 0 heterocycles. The van der Waals surface area contributed by atoms with Gasteiger partial charge in [0.2, 0.25) is 0 Å². The van der Waals surface area contributed by atoms with Crippen LogP contribution >= 0.6 is 0 Å². The van der Waals surface area contributed by atoms with Crippen molar-refractivity contribution in [1.82, 2.24) is 0 Å². The molecule has 0 radical (unpaired) electrons. The molecule has 0 aromatic rings. The van der Waals surface area contributed by atoms with Crippen molar-refractivity contribution < 1.29 is 14.3 Å². The van der Waals surface area contributed by atoms with E-state index >= 15 is 0 Å². The molecule has 0 aliphatic carbocycles. The van der Waals surface area contributed by atoms with Gasteiger partial charge in [-0.3, -0.25) is 9.59 Å². The van der Waals surface area contributed by atoms with Crippen LogP contribution in [-0.4, -0.2) is 18.9 Å². The Kier molecular flexibility index (Phi) is 20.8. The van der Waals surface area contributed by atoms with Crippen LogP contribution in [0.2, 0.25) is 0 Å². The monoisotopic (exact) mass is 382 g/mol. The van der Waals surface area contributed by atoms with Gasteiger partial charge >= 0.3 is 5.97 Å². The van der Waals surface area contributed by atoms with Crippen molar-refractivity contribution in [2.24, 2.45) is 0 Å². The molecule has 3 heteroatoms. The third-order valence-corrected chi connectivity index (χ3v) is 5.37. The molecule has 27 heavy (non-hydrogen) atoms. The second-order valence-electron chi connectivity index (χ2n) is 8.02. The first-order valence-corrected chi connectivity index (χ1v) is 11.8. The Morgan fingerprint density at radius 1 is 0.519 bits per heavy atom. The number of hydrogen-bond donors (Lipinski definition) is 0. The van der Waals surface area contributed by atoms with Gasteiger partial charge in [0.05, 0.1) is 7.11 Å². The molecule has 0 spiro atoms. The molecular weight excluding hydrogens is 336 g/mol. The van der Waals surface area contributed by atoms with Gasteiger partial charge in [-0.25, -0.2) is 0 Å². The topological polar surface area (TPSA) is 43.4 Å². The summed E-state index contributed by atoms with van der Waals surface area (Å²) in [6.45, 7) is 2.27. The van der Waals surface area contributed by atoms with E-state index in [1.54, 1.807) is 0 Å². The molecule has 3 nitrogen and oxygen atoms in total. The Hall–Kier alpha value is -0.860. The lowest BCUT2D eigenvalue weighted by Crippen LogP contribution is -2.00. The van der Waals surface area contributed by atoms with Gasteiger partial charge in [-0.05, 0) is 19.3 Å². The van der Waals surface area contributed by atoms with Crippen molar-refractivity contribution in [1.29, 1.82) is 0 Å². The van der Waals surface area contributed by atoms with E-state index in [-0.39, 0.29) is 5.97 Å². The Morgan fingerprint density at radius 2 is 0.852 bits per heavy atom. The van der Waals surface area contributed by atoms with E-state index < -0.39 is 0 Å². The Bertz CT molecular complexity index is 339. The zero-order valence-corrected chi connectivity index (χ0v) is 18.4. The maximum atomic E-state index is 11.9. The predicted octanol–water partition coefficient (Wildman–Crippen LogP) is 7.55. The van der Waals surface area contributed by atoms with Crippen LogP contribution < -0.4 is 0 Å². The molecule has 0 saturated carbocycles. The molecular formula is C24H46O3. The van der Waals surface area contributed by atoms with Crippen LogP contribution in [0.5, 0.6) is 0 Å². The highest BCUT2D eigenvalue weighted by Gasteiger charge is 2.03. The number of Topliss-reactive ketones (excluding diaryl/α,β-unsaturated/α-hetero) is 1. The predicted molar refractivity (Wildman–Crippen MR) is 115 cm³/mol. The highest BCUT2D eigenvalue weighted by atomic mass is 16.5. The van der Waals surface area contributed by atoms with E-state index in [1.165, 1.54) is 84.2 Å². The van der Waals surface area contributed by atoms with Crippen LogP contribution in [0.25, 0.3) is 0 Å². The molecule has 0 aliphatic rings. The lowest BCUT2D eigenvalue weighted by atomic mass is 10.0. The summed E-state index contributed by atoms with van der Waals surface area (Å²) in [6.07, 6.45) is 23.4. The number of esters is 1. The number of ether oxygens (including phenoxy) is 1. The fraction of sp³-hybridized carbons (Fsp3) is 0.917. The summed E-state index contributed by atoms with van der Waals surface area (Å²) < 4.78 is 4.61. The van der Waals surface area contributed by atoms with Gasteiger partial charge in [0.1, 0.15) is 5.78 Å². The summed E-state index contributed by atoms with van der Waals surface area (Å²) in [5, 5.41) is 0. The van der Waals surface area contributed by atoms with E-state index in [2.05, 4.69) is 11.7 Å². The Morgan fingerprint density at radius 3 is 1.22 bits per heavy atom. The highest BCUT2D eigenvalue weighted by Crippen LogP contribution is 2.14. The molecule has 0 fully saturated rings. The molecule has 0 atom stereocenters. The van der Waals surface area contributed by atoms with Gasteiger partial charge in [0, 0.05) is 19.3 Å². The molecule has 0 amide bonds. The van der Waals surface area contributed by atoms with Crippen molar-refractivity contribution in [2.45, 2.75) is 135 Å². The third kappa shape index (κ3) is 21.3. The fourth-order valence-corrected chi connectivity index (χ4v) is 3.51. The minimum atomic E-state index is -0.131. The number of unbranched alkanes of at least 4 members (excludes halogenated alkanes) is 15. The highest BCUT2D eigenvalue weighted by molar-refractivity contribution is 5.78. The van der Waals surface area contributed by atoms with Crippen LogP contribution in [0, 0.1) is 0 Å². The van der Waals surface area contributed by atoms with Crippen LogP contribution in [0.4, 0.5) is 0 Å². The second-order valence-corrected chi connectivity index (χ2v) is 8.02. The lowest BCUT2D eigenvalue weighted by molar-refractivity contribution is -0.140. The number of carbonyl (C=O) groups excluding carboxylic acids is 2. The van der Waals surface area contributed by atoms with Gasteiger partial charge in [-0.1, -0.05) is 96.8 Å². The maximum absolute atomic E-state index is 11.9. The van der Waals surface area contributed by atoms with Crippen molar-refractivity contribution >= 4 is 11.8 Å². The van der Waals surface area contributed by atoms with E-state index in [1.807, 2.05) is 0 Å². The minimum absolute atomic E-state index is 0.131. The summed E-state index contributed by atoms with van der Waals surface area (Å²) in [5.41, 5.74) is 0. The average molecular weight is 383 g/mol. The van der Waals surface area contributed by atoms with Crippen molar-refractivity contribution in [3.05, 3.63) is 0 Å². The van der Waals surface area contributed by atoms with Crippen LogP contribution in [0.15, 0.2) is 0 Å². The summed E-state index contributed by atoms with van der Waals surface area (Å²) in [7, 11) is 1.43. The number of rotatable bonds is 21. The molecule has 0 unspecified atom stereocenters. The zero-order valence-electron chi connectivity index (χ0n) is 18.4. The number of ketones is 1. The van der Waals surface area contributed by atoms with E-state index in [0.29, 0.717) is 12.2 Å².